The predicted molar refractivity (Wildman–Crippen MR) is 155 cm³/mol. The first-order valence-electron chi connectivity index (χ1n) is 12.8. The Morgan fingerprint density at radius 3 is 2.62 bits per heavy atom. The molecule has 1 aliphatic carbocycles. The monoisotopic (exact) mass is 545 g/mol. The summed E-state index contributed by atoms with van der Waals surface area (Å²) in [5.74, 6) is -0.339. The Kier molecular flexibility index (Phi) is 8.72. The molecule has 0 bridgehead atoms. The highest BCUT2D eigenvalue weighted by atomic mass is 16.5. The first-order valence-corrected chi connectivity index (χ1v) is 12.8. The van der Waals surface area contributed by atoms with Crippen molar-refractivity contribution in [2.45, 2.75) is 24.6 Å². The summed E-state index contributed by atoms with van der Waals surface area (Å²) in [6.45, 7) is -0.147. The molecule has 17 heteroatoms. The smallest absolute Gasteiger partial charge is 0.272 e. The SMILES string of the molecule is BC(B)(B)NC(=O)c1nnc(NC(=O)C2CC2)cc1Nc1cccc(-c2cnn(CC(=O)NCCO)n2)c1OC. The Bertz CT molecular complexity index is 1410. The second kappa shape index (κ2) is 12.2. The number of hydrogen-bond donors (Lipinski definition) is 5. The minimum absolute atomic E-state index is 0.0339. The number of aromatic nitrogens is 5. The first kappa shape index (κ1) is 28.6. The molecule has 2 heterocycles. The maximum Gasteiger partial charge on any atom is 0.272 e. The quantitative estimate of drug-likeness (QED) is 0.149. The molecular weight excluding hydrogens is 515 g/mol. The van der Waals surface area contributed by atoms with Crippen LogP contribution in [0.4, 0.5) is 17.2 Å². The number of anilines is 3. The number of rotatable bonds is 12. The molecule has 0 spiro atoms. The molecule has 0 unspecified atom stereocenters. The molecule has 0 atom stereocenters. The Labute approximate surface area is 233 Å². The second-order valence-electron chi connectivity index (χ2n) is 10.3. The molecular formula is C23H30B3N9O5. The van der Waals surface area contributed by atoms with Crippen molar-refractivity contribution in [3.8, 4) is 17.0 Å². The van der Waals surface area contributed by atoms with Gasteiger partial charge in [-0.15, -0.1) is 10.2 Å². The van der Waals surface area contributed by atoms with Gasteiger partial charge in [0.05, 0.1) is 31.3 Å². The highest BCUT2D eigenvalue weighted by Gasteiger charge is 2.30. The molecule has 2 aromatic heterocycles. The van der Waals surface area contributed by atoms with Gasteiger partial charge in [0.15, 0.2) is 17.3 Å². The summed E-state index contributed by atoms with van der Waals surface area (Å²) in [6, 6.07) is 6.86. The Balaban J connectivity index is 1.65. The van der Waals surface area contributed by atoms with Crippen molar-refractivity contribution < 1.29 is 24.2 Å². The predicted octanol–water partition coefficient (Wildman–Crippen LogP) is -2.82. The van der Waals surface area contributed by atoms with Crippen LogP contribution in [-0.4, -0.2) is 97.1 Å². The lowest BCUT2D eigenvalue weighted by molar-refractivity contribution is -0.122. The van der Waals surface area contributed by atoms with Gasteiger partial charge in [-0.3, -0.25) is 14.4 Å². The third-order valence-electron chi connectivity index (χ3n) is 5.72. The Morgan fingerprint density at radius 2 is 1.95 bits per heavy atom. The number of hydrogen-bond acceptors (Lipinski definition) is 10. The molecule has 14 nitrogen and oxygen atoms in total. The average Bonchev–Trinajstić information content (AvgIpc) is 3.65. The number of carbonyl (C=O) groups excluding carboxylic acids is 3. The molecule has 3 amide bonds. The van der Waals surface area contributed by atoms with Crippen LogP contribution < -0.4 is 26.0 Å². The van der Waals surface area contributed by atoms with Crippen molar-refractivity contribution in [3.63, 3.8) is 0 Å². The van der Waals surface area contributed by atoms with Crippen molar-refractivity contribution in [3.05, 3.63) is 36.2 Å². The molecule has 4 rings (SSSR count). The zero-order chi connectivity index (χ0) is 28.9. The fourth-order valence-electron chi connectivity index (χ4n) is 3.77. The van der Waals surface area contributed by atoms with Crippen LogP contribution in [0.3, 0.4) is 0 Å². The molecule has 40 heavy (non-hydrogen) atoms. The molecule has 1 saturated carbocycles. The van der Waals surface area contributed by atoms with Crippen LogP contribution in [0.2, 0.25) is 0 Å². The minimum Gasteiger partial charge on any atom is -0.494 e. The van der Waals surface area contributed by atoms with Gasteiger partial charge in [0.25, 0.3) is 5.91 Å². The van der Waals surface area contributed by atoms with E-state index >= 15 is 0 Å². The van der Waals surface area contributed by atoms with Gasteiger partial charge in [0.1, 0.15) is 35.8 Å². The summed E-state index contributed by atoms with van der Waals surface area (Å²) in [7, 11) is 7.05. The molecule has 0 saturated heterocycles. The van der Waals surface area contributed by atoms with Gasteiger partial charge in [0, 0.05) is 24.1 Å². The number of para-hydroxylation sites is 1. The summed E-state index contributed by atoms with van der Waals surface area (Å²) in [4.78, 5) is 38.6. The van der Waals surface area contributed by atoms with E-state index in [9.17, 15) is 14.4 Å². The molecule has 0 radical (unpaired) electrons. The van der Waals surface area contributed by atoms with Gasteiger partial charge in [-0.1, -0.05) is 6.07 Å². The molecule has 5 N–H and O–H groups in total. The van der Waals surface area contributed by atoms with Crippen molar-refractivity contribution in [2.75, 3.05) is 30.9 Å². The van der Waals surface area contributed by atoms with E-state index in [4.69, 9.17) is 9.84 Å². The lowest BCUT2D eigenvalue weighted by Gasteiger charge is -2.22. The third kappa shape index (κ3) is 7.37. The van der Waals surface area contributed by atoms with Crippen molar-refractivity contribution in [1.29, 1.82) is 0 Å². The number of carbonyl (C=O) groups is 3. The van der Waals surface area contributed by atoms with Gasteiger partial charge in [-0.2, -0.15) is 15.0 Å². The van der Waals surface area contributed by atoms with Gasteiger partial charge < -0.3 is 31.1 Å². The van der Waals surface area contributed by atoms with Crippen LogP contribution in [0.5, 0.6) is 5.75 Å². The number of ether oxygens (including phenoxy) is 1. The maximum absolute atomic E-state index is 13.1. The zero-order valence-electron chi connectivity index (χ0n) is 22.8. The van der Waals surface area contributed by atoms with Gasteiger partial charge in [-0.05, 0) is 30.2 Å². The Hall–Kier alpha value is -4.40. The summed E-state index contributed by atoms with van der Waals surface area (Å²) >= 11 is 0. The standard InChI is InChI=1S/C23H30B3N9O5/c1-40-20-13(16-10-28-35(34-16)11-18(37)27-7-8-36)3-2-4-14(20)29-15-9-17(30-21(38)12-5-6-12)32-33-19(15)22(39)31-23(24,25)26/h2-4,9-10,12,36H,5-8,11,24-26H2,1H3,(H,27,37)(H,31,39)(H2,29,30,32,38). The summed E-state index contributed by atoms with van der Waals surface area (Å²) in [5.41, 5.74) is 1.87. The van der Waals surface area contributed by atoms with Gasteiger partial charge in [-0.25, -0.2) is 0 Å². The summed E-state index contributed by atoms with van der Waals surface area (Å²) in [6.07, 6.45) is 3.17. The summed E-state index contributed by atoms with van der Waals surface area (Å²) in [5, 5.41) is 36.5. The van der Waals surface area contributed by atoms with Crippen molar-refractivity contribution in [2.24, 2.45) is 5.92 Å². The molecule has 1 aliphatic rings. The van der Waals surface area contributed by atoms with Crippen LogP contribution in [0.15, 0.2) is 30.5 Å². The number of nitrogens with one attached hydrogen (secondary N) is 4. The largest absolute Gasteiger partial charge is 0.494 e. The molecule has 1 aromatic carbocycles. The number of aliphatic hydroxyl groups is 1. The van der Waals surface area contributed by atoms with E-state index in [2.05, 4.69) is 41.7 Å². The van der Waals surface area contributed by atoms with E-state index in [-0.39, 0.29) is 48.9 Å². The van der Waals surface area contributed by atoms with Crippen LogP contribution >= 0.6 is 0 Å². The topological polar surface area (TPSA) is 185 Å². The molecule has 3 aromatic rings. The van der Waals surface area contributed by atoms with Crippen LogP contribution in [0.1, 0.15) is 23.3 Å². The number of benzene rings is 1. The highest BCUT2D eigenvalue weighted by Crippen LogP contribution is 2.37. The van der Waals surface area contributed by atoms with Gasteiger partial charge >= 0.3 is 0 Å². The normalized spacial score (nSPS) is 12.8. The van der Waals surface area contributed by atoms with E-state index in [0.29, 0.717) is 28.4 Å². The lowest BCUT2D eigenvalue weighted by atomic mass is 9.49. The number of nitrogens with zero attached hydrogens (tertiary/aromatic N) is 5. The zero-order valence-corrected chi connectivity index (χ0v) is 22.8. The van der Waals surface area contributed by atoms with Crippen LogP contribution in [0, 0.1) is 5.92 Å². The molecule has 0 aliphatic heterocycles. The molecule has 206 valence electrons. The van der Waals surface area contributed by atoms with Crippen molar-refractivity contribution >= 4 is 58.5 Å². The van der Waals surface area contributed by atoms with E-state index < -0.39 is 11.1 Å². The van der Waals surface area contributed by atoms with E-state index in [1.165, 1.54) is 18.1 Å². The number of methoxy groups -OCH3 is 1. The summed E-state index contributed by atoms with van der Waals surface area (Å²) < 4.78 is 5.71. The first-order chi connectivity index (χ1) is 19.1. The average molecular weight is 545 g/mol. The van der Waals surface area contributed by atoms with E-state index in [1.807, 2.05) is 23.5 Å². The minimum atomic E-state index is -0.521. The number of aliphatic hydroxyl groups excluding tert-OH is 1. The lowest BCUT2D eigenvalue weighted by Crippen LogP contribution is -2.50. The highest BCUT2D eigenvalue weighted by molar-refractivity contribution is 6.60. The van der Waals surface area contributed by atoms with Crippen LogP contribution in [-0.2, 0) is 16.1 Å². The second-order valence-corrected chi connectivity index (χ2v) is 10.3. The Morgan fingerprint density at radius 1 is 1.18 bits per heavy atom. The van der Waals surface area contributed by atoms with E-state index in [0.717, 1.165) is 12.8 Å². The van der Waals surface area contributed by atoms with Crippen molar-refractivity contribution in [1.82, 2.24) is 35.8 Å². The number of amides is 3. The fourth-order valence-corrected chi connectivity index (χ4v) is 3.77. The van der Waals surface area contributed by atoms with Gasteiger partial charge in [0.2, 0.25) is 11.8 Å². The fraction of sp³-hybridized carbons (Fsp3) is 0.348. The van der Waals surface area contributed by atoms with Crippen LogP contribution in [0.25, 0.3) is 11.3 Å². The molecule has 1 fully saturated rings. The van der Waals surface area contributed by atoms with E-state index in [1.54, 1.807) is 24.3 Å². The third-order valence-corrected chi connectivity index (χ3v) is 5.72. The maximum atomic E-state index is 13.1.